The molecule has 0 saturated heterocycles. The van der Waals surface area contributed by atoms with Crippen LogP contribution in [0.25, 0.3) is 0 Å². The molecule has 0 aliphatic carbocycles. The van der Waals surface area contributed by atoms with E-state index in [0.29, 0.717) is 12.2 Å². The zero-order valence-corrected chi connectivity index (χ0v) is 11.6. The van der Waals surface area contributed by atoms with Gasteiger partial charge in [-0.1, -0.05) is 29.8 Å². The second kappa shape index (κ2) is 6.65. The van der Waals surface area contributed by atoms with Crippen LogP contribution < -0.4 is 4.74 Å². The Morgan fingerprint density at radius 1 is 1.10 bits per heavy atom. The molecule has 0 bridgehead atoms. The maximum atomic E-state index is 11.7. The predicted molar refractivity (Wildman–Crippen MR) is 78.2 cm³/mol. The van der Waals surface area contributed by atoms with E-state index in [0.717, 1.165) is 5.56 Å². The number of hydrogen-bond donors (Lipinski definition) is 0. The van der Waals surface area contributed by atoms with E-state index in [1.165, 1.54) is 29.8 Å². The number of nitro benzene ring substituents is 1. The first-order valence-corrected chi connectivity index (χ1v) is 6.55. The zero-order chi connectivity index (χ0) is 15.2. The molecule has 0 saturated carbocycles. The summed E-state index contributed by atoms with van der Waals surface area (Å²) in [6.07, 6.45) is 0.867. The fourth-order valence-corrected chi connectivity index (χ4v) is 1.82. The molecule has 5 heteroatoms. The summed E-state index contributed by atoms with van der Waals surface area (Å²) >= 11 is 0. The van der Waals surface area contributed by atoms with E-state index in [-0.39, 0.29) is 18.1 Å². The van der Waals surface area contributed by atoms with Gasteiger partial charge in [-0.05, 0) is 31.0 Å². The van der Waals surface area contributed by atoms with Crippen LogP contribution in [0, 0.1) is 17.0 Å². The average molecular weight is 285 g/mol. The molecular weight excluding hydrogens is 270 g/mol. The van der Waals surface area contributed by atoms with Gasteiger partial charge in [0.05, 0.1) is 4.92 Å². The van der Waals surface area contributed by atoms with Gasteiger partial charge in [-0.25, -0.2) is 0 Å². The van der Waals surface area contributed by atoms with Gasteiger partial charge in [0.1, 0.15) is 5.75 Å². The minimum Gasteiger partial charge on any atom is -0.427 e. The number of aryl methyl sites for hydroxylation is 2. The summed E-state index contributed by atoms with van der Waals surface area (Å²) in [6, 6.07) is 13.4. The van der Waals surface area contributed by atoms with Gasteiger partial charge in [0.15, 0.2) is 0 Å². The molecule has 0 heterocycles. The number of nitro groups is 1. The number of non-ortho nitro benzene ring substituents is 1. The van der Waals surface area contributed by atoms with Gasteiger partial charge in [-0.15, -0.1) is 0 Å². The largest absolute Gasteiger partial charge is 0.427 e. The van der Waals surface area contributed by atoms with Crippen molar-refractivity contribution in [3.63, 3.8) is 0 Å². The minimum atomic E-state index is -0.497. The van der Waals surface area contributed by atoms with Gasteiger partial charge in [-0.2, -0.15) is 0 Å². The maximum Gasteiger partial charge on any atom is 0.311 e. The quantitative estimate of drug-likeness (QED) is 0.365. The fourth-order valence-electron chi connectivity index (χ4n) is 1.82. The Labute approximate surface area is 122 Å². The van der Waals surface area contributed by atoms with E-state index in [1.54, 1.807) is 0 Å². The summed E-state index contributed by atoms with van der Waals surface area (Å²) in [5, 5.41) is 10.5. The molecule has 0 amide bonds. The Kier molecular flexibility index (Phi) is 4.66. The third-order valence-corrected chi connectivity index (χ3v) is 3.02. The second-order valence-corrected chi connectivity index (χ2v) is 4.71. The minimum absolute atomic E-state index is 0.0329. The summed E-state index contributed by atoms with van der Waals surface area (Å²) in [6.45, 7) is 2.01. The van der Waals surface area contributed by atoms with Crippen LogP contribution in [0.5, 0.6) is 5.75 Å². The number of rotatable bonds is 5. The Morgan fingerprint density at radius 3 is 2.29 bits per heavy atom. The number of ether oxygens (including phenoxy) is 1. The number of benzene rings is 2. The van der Waals surface area contributed by atoms with E-state index < -0.39 is 4.92 Å². The van der Waals surface area contributed by atoms with Crippen molar-refractivity contribution in [2.24, 2.45) is 0 Å². The maximum absolute atomic E-state index is 11.7. The van der Waals surface area contributed by atoms with Crippen LogP contribution in [0.1, 0.15) is 17.5 Å². The third kappa shape index (κ3) is 4.42. The van der Waals surface area contributed by atoms with Crippen LogP contribution in [0.2, 0.25) is 0 Å². The SMILES string of the molecule is Cc1ccc(CCC(=O)Oc2ccc([N+](=O)[O-])cc2)cc1. The molecule has 0 radical (unpaired) electrons. The first kappa shape index (κ1) is 14.7. The highest BCUT2D eigenvalue weighted by Crippen LogP contribution is 2.18. The van der Waals surface area contributed by atoms with Crippen molar-refractivity contribution in [1.29, 1.82) is 0 Å². The summed E-state index contributed by atoms with van der Waals surface area (Å²) in [5.74, 6) is -0.0427. The van der Waals surface area contributed by atoms with E-state index in [1.807, 2.05) is 31.2 Å². The van der Waals surface area contributed by atoms with Crippen LogP contribution in [-0.2, 0) is 11.2 Å². The topological polar surface area (TPSA) is 69.4 Å². The van der Waals surface area contributed by atoms with Crippen molar-refractivity contribution < 1.29 is 14.5 Å². The van der Waals surface area contributed by atoms with Gasteiger partial charge >= 0.3 is 5.97 Å². The normalized spacial score (nSPS) is 10.1. The van der Waals surface area contributed by atoms with Crippen molar-refractivity contribution in [2.75, 3.05) is 0 Å². The lowest BCUT2D eigenvalue weighted by atomic mass is 10.1. The molecule has 0 aliphatic rings. The zero-order valence-electron chi connectivity index (χ0n) is 11.6. The highest BCUT2D eigenvalue weighted by Gasteiger charge is 2.08. The lowest BCUT2D eigenvalue weighted by Gasteiger charge is -2.04. The summed E-state index contributed by atoms with van der Waals surface area (Å²) in [7, 11) is 0. The molecule has 2 rings (SSSR count). The first-order chi connectivity index (χ1) is 10.0. The Hall–Kier alpha value is -2.69. The molecule has 108 valence electrons. The van der Waals surface area contributed by atoms with Crippen molar-refractivity contribution in [3.8, 4) is 5.75 Å². The highest BCUT2D eigenvalue weighted by molar-refractivity contribution is 5.72. The average Bonchev–Trinajstić information content (AvgIpc) is 2.47. The van der Waals surface area contributed by atoms with E-state index in [4.69, 9.17) is 4.74 Å². The molecule has 0 atom stereocenters. The van der Waals surface area contributed by atoms with Crippen LogP contribution in [-0.4, -0.2) is 10.9 Å². The summed E-state index contributed by atoms with van der Waals surface area (Å²) < 4.78 is 5.13. The van der Waals surface area contributed by atoms with Crippen molar-refractivity contribution in [2.45, 2.75) is 19.8 Å². The molecule has 2 aromatic carbocycles. The summed E-state index contributed by atoms with van der Waals surface area (Å²) in [4.78, 5) is 21.7. The molecule has 0 spiro atoms. The molecule has 0 unspecified atom stereocenters. The lowest BCUT2D eigenvalue weighted by molar-refractivity contribution is -0.384. The Bertz CT molecular complexity index is 632. The second-order valence-electron chi connectivity index (χ2n) is 4.71. The molecule has 0 aliphatic heterocycles. The monoisotopic (exact) mass is 285 g/mol. The van der Waals surface area contributed by atoms with Crippen LogP contribution in [0.3, 0.4) is 0 Å². The number of esters is 1. The smallest absolute Gasteiger partial charge is 0.311 e. The molecular formula is C16H15NO4. The number of nitrogens with zero attached hydrogens (tertiary/aromatic N) is 1. The number of carbonyl (C=O) groups is 1. The van der Waals surface area contributed by atoms with Crippen LogP contribution >= 0.6 is 0 Å². The van der Waals surface area contributed by atoms with Crippen molar-refractivity contribution >= 4 is 11.7 Å². The Balaban J connectivity index is 1.86. The fraction of sp³-hybridized carbons (Fsp3) is 0.188. The van der Waals surface area contributed by atoms with E-state index in [2.05, 4.69) is 0 Å². The Morgan fingerprint density at radius 2 is 1.71 bits per heavy atom. The van der Waals surface area contributed by atoms with E-state index in [9.17, 15) is 14.9 Å². The van der Waals surface area contributed by atoms with Gasteiger partial charge in [0, 0.05) is 18.6 Å². The van der Waals surface area contributed by atoms with Gasteiger partial charge in [0.2, 0.25) is 0 Å². The molecule has 0 aromatic heterocycles. The van der Waals surface area contributed by atoms with Gasteiger partial charge < -0.3 is 4.74 Å². The molecule has 2 aromatic rings. The number of carbonyl (C=O) groups excluding carboxylic acids is 1. The summed E-state index contributed by atoms with van der Waals surface area (Å²) in [5.41, 5.74) is 2.21. The lowest BCUT2D eigenvalue weighted by Crippen LogP contribution is -2.09. The molecule has 5 nitrogen and oxygen atoms in total. The highest BCUT2D eigenvalue weighted by atomic mass is 16.6. The van der Waals surface area contributed by atoms with Gasteiger partial charge in [-0.3, -0.25) is 14.9 Å². The molecule has 21 heavy (non-hydrogen) atoms. The van der Waals surface area contributed by atoms with Crippen molar-refractivity contribution in [1.82, 2.24) is 0 Å². The standard InChI is InChI=1S/C16H15NO4/c1-12-2-4-13(5-3-12)6-11-16(18)21-15-9-7-14(8-10-15)17(19)20/h2-5,7-10H,6,11H2,1H3. The molecule has 0 fully saturated rings. The predicted octanol–water partition coefficient (Wildman–Crippen LogP) is 3.44. The van der Waals surface area contributed by atoms with Gasteiger partial charge in [0.25, 0.3) is 5.69 Å². The van der Waals surface area contributed by atoms with Crippen molar-refractivity contribution in [3.05, 3.63) is 69.8 Å². The molecule has 0 N–H and O–H groups in total. The third-order valence-electron chi connectivity index (χ3n) is 3.02. The van der Waals surface area contributed by atoms with E-state index >= 15 is 0 Å². The number of hydrogen-bond acceptors (Lipinski definition) is 4. The van der Waals surface area contributed by atoms with Crippen LogP contribution in [0.15, 0.2) is 48.5 Å². The van der Waals surface area contributed by atoms with Crippen LogP contribution in [0.4, 0.5) is 5.69 Å². The first-order valence-electron chi connectivity index (χ1n) is 6.55.